The molecule has 0 atom stereocenters. The summed E-state index contributed by atoms with van der Waals surface area (Å²) in [7, 11) is 1.75. The Morgan fingerprint density at radius 1 is 0.861 bits per heavy atom. The van der Waals surface area contributed by atoms with E-state index in [1.54, 1.807) is 7.11 Å². The number of fused-ring (bicyclic) bond motifs is 3. The minimum atomic E-state index is 0.581. The SMILES string of the molecule is COc1ccccc1N1CCN(Cc2cc3c(c4ncccc24)OCN(Cc2ccccc2)C3)CC1. The Hall–Kier alpha value is -3.61. The van der Waals surface area contributed by atoms with Crippen LogP contribution in [0, 0.1) is 0 Å². The average Bonchev–Trinajstić information content (AvgIpc) is 2.94. The number of rotatable bonds is 6. The second-order valence-corrected chi connectivity index (χ2v) is 9.60. The van der Waals surface area contributed by atoms with Crippen molar-refractivity contribution in [1.29, 1.82) is 0 Å². The van der Waals surface area contributed by atoms with E-state index in [0.29, 0.717) is 6.73 Å². The van der Waals surface area contributed by atoms with Gasteiger partial charge in [0.15, 0.2) is 5.75 Å². The standard InChI is InChI=1S/C30H32N4O2/c1-35-28-12-6-5-11-27(28)34-16-14-32(15-17-34)20-24-18-25-21-33(19-23-8-3-2-4-9-23)22-36-30(25)29-26(24)10-7-13-31-29/h2-13,18H,14-17,19-22H2,1H3. The van der Waals surface area contributed by atoms with Crippen LogP contribution in [-0.4, -0.2) is 54.8 Å². The lowest BCUT2D eigenvalue weighted by molar-refractivity contribution is 0.0900. The predicted molar refractivity (Wildman–Crippen MR) is 143 cm³/mol. The Labute approximate surface area is 212 Å². The molecular formula is C30H32N4O2. The molecule has 1 saturated heterocycles. The molecule has 3 heterocycles. The van der Waals surface area contributed by atoms with Gasteiger partial charge in [-0.15, -0.1) is 0 Å². The van der Waals surface area contributed by atoms with Gasteiger partial charge in [0.1, 0.15) is 18.0 Å². The summed E-state index contributed by atoms with van der Waals surface area (Å²) in [5.74, 6) is 1.89. The van der Waals surface area contributed by atoms with E-state index < -0.39 is 0 Å². The monoisotopic (exact) mass is 480 g/mol. The third kappa shape index (κ3) is 4.62. The van der Waals surface area contributed by atoms with Gasteiger partial charge in [-0.05, 0) is 35.4 Å². The van der Waals surface area contributed by atoms with E-state index in [0.717, 1.165) is 62.8 Å². The molecule has 4 aromatic rings. The highest BCUT2D eigenvalue weighted by Crippen LogP contribution is 2.36. The number of aromatic nitrogens is 1. The fourth-order valence-corrected chi connectivity index (χ4v) is 5.42. The van der Waals surface area contributed by atoms with Crippen molar-refractivity contribution in [3.05, 3.63) is 95.7 Å². The normalized spacial score (nSPS) is 16.5. The molecule has 0 aliphatic carbocycles. The minimum absolute atomic E-state index is 0.581. The number of anilines is 1. The Balaban J connectivity index is 1.20. The van der Waals surface area contributed by atoms with Gasteiger partial charge in [0, 0.05) is 63.0 Å². The maximum atomic E-state index is 6.28. The Morgan fingerprint density at radius 2 is 1.67 bits per heavy atom. The fraction of sp³-hybridized carbons (Fsp3) is 0.300. The molecule has 0 saturated carbocycles. The number of hydrogen-bond acceptors (Lipinski definition) is 6. The lowest BCUT2D eigenvalue weighted by atomic mass is 10.0. The molecule has 6 rings (SSSR count). The van der Waals surface area contributed by atoms with Gasteiger partial charge in [-0.2, -0.15) is 0 Å². The molecule has 184 valence electrons. The van der Waals surface area contributed by atoms with Gasteiger partial charge in [0.2, 0.25) is 0 Å². The molecule has 0 unspecified atom stereocenters. The van der Waals surface area contributed by atoms with Gasteiger partial charge in [-0.25, -0.2) is 0 Å². The predicted octanol–water partition coefficient (Wildman–Crippen LogP) is 4.92. The van der Waals surface area contributed by atoms with Crippen LogP contribution in [0.1, 0.15) is 16.7 Å². The molecule has 6 nitrogen and oxygen atoms in total. The van der Waals surface area contributed by atoms with Crippen molar-refractivity contribution in [2.24, 2.45) is 0 Å². The summed E-state index contributed by atoms with van der Waals surface area (Å²) in [6.07, 6.45) is 1.87. The Morgan fingerprint density at radius 3 is 2.50 bits per heavy atom. The van der Waals surface area contributed by atoms with Crippen molar-refractivity contribution in [1.82, 2.24) is 14.8 Å². The molecule has 0 N–H and O–H groups in total. The highest BCUT2D eigenvalue weighted by atomic mass is 16.5. The van der Waals surface area contributed by atoms with Crippen LogP contribution in [0.5, 0.6) is 11.5 Å². The first kappa shape index (κ1) is 22.8. The van der Waals surface area contributed by atoms with E-state index in [9.17, 15) is 0 Å². The highest BCUT2D eigenvalue weighted by molar-refractivity contribution is 5.89. The number of pyridine rings is 1. The first-order chi connectivity index (χ1) is 17.8. The van der Waals surface area contributed by atoms with Crippen LogP contribution in [0.4, 0.5) is 5.69 Å². The first-order valence-corrected chi connectivity index (χ1v) is 12.7. The number of benzene rings is 3. The van der Waals surface area contributed by atoms with Crippen molar-refractivity contribution in [3.63, 3.8) is 0 Å². The van der Waals surface area contributed by atoms with Crippen LogP contribution < -0.4 is 14.4 Å². The zero-order valence-electron chi connectivity index (χ0n) is 20.8. The number of methoxy groups -OCH3 is 1. The summed E-state index contributed by atoms with van der Waals surface area (Å²) >= 11 is 0. The van der Waals surface area contributed by atoms with Crippen LogP contribution >= 0.6 is 0 Å². The molecule has 2 aliphatic rings. The minimum Gasteiger partial charge on any atom is -0.495 e. The van der Waals surface area contributed by atoms with E-state index in [-0.39, 0.29) is 0 Å². The van der Waals surface area contributed by atoms with Crippen molar-refractivity contribution in [2.45, 2.75) is 19.6 Å². The lowest BCUT2D eigenvalue weighted by Crippen LogP contribution is -2.46. The highest BCUT2D eigenvalue weighted by Gasteiger charge is 2.24. The van der Waals surface area contributed by atoms with E-state index >= 15 is 0 Å². The number of hydrogen-bond donors (Lipinski definition) is 0. The third-order valence-electron chi connectivity index (χ3n) is 7.24. The first-order valence-electron chi connectivity index (χ1n) is 12.7. The molecule has 0 bridgehead atoms. The molecule has 1 fully saturated rings. The zero-order valence-corrected chi connectivity index (χ0v) is 20.8. The van der Waals surface area contributed by atoms with Gasteiger partial charge in [0.25, 0.3) is 0 Å². The smallest absolute Gasteiger partial charge is 0.152 e. The molecular weight excluding hydrogens is 448 g/mol. The maximum absolute atomic E-state index is 6.28. The number of piperazine rings is 1. The molecule has 0 radical (unpaired) electrons. The largest absolute Gasteiger partial charge is 0.495 e. The molecule has 3 aromatic carbocycles. The van der Waals surface area contributed by atoms with E-state index in [1.807, 2.05) is 24.4 Å². The van der Waals surface area contributed by atoms with Crippen molar-refractivity contribution in [3.8, 4) is 11.5 Å². The summed E-state index contributed by atoms with van der Waals surface area (Å²) in [4.78, 5) is 12.1. The fourth-order valence-electron chi connectivity index (χ4n) is 5.42. The van der Waals surface area contributed by atoms with Gasteiger partial charge in [-0.1, -0.05) is 48.5 Å². The maximum Gasteiger partial charge on any atom is 0.152 e. The molecule has 36 heavy (non-hydrogen) atoms. The topological polar surface area (TPSA) is 41.1 Å². The summed E-state index contributed by atoms with van der Waals surface area (Å²) in [6.45, 7) is 7.21. The average molecular weight is 481 g/mol. The van der Waals surface area contributed by atoms with Gasteiger partial charge in [-0.3, -0.25) is 14.8 Å². The summed E-state index contributed by atoms with van der Waals surface area (Å²) in [5.41, 5.74) is 6.02. The number of para-hydroxylation sites is 2. The quantitative estimate of drug-likeness (QED) is 0.390. The van der Waals surface area contributed by atoms with Gasteiger partial charge < -0.3 is 14.4 Å². The third-order valence-corrected chi connectivity index (χ3v) is 7.24. The zero-order chi connectivity index (χ0) is 24.3. The van der Waals surface area contributed by atoms with Crippen molar-refractivity contribution >= 4 is 16.6 Å². The van der Waals surface area contributed by atoms with Crippen LogP contribution in [0.25, 0.3) is 10.9 Å². The van der Waals surface area contributed by atoms with Gasteiger partial charge in [0.05, 0.1) is 12.8 Å². The molecule has 2 aliphatic heterocycles. The van der Waals surface area contributed by atoms with E-state index in [2.05, 4.69) is 69.3 Å². The summed E-state index contributed by atoms with van der Waals surface area (Å²) < 4.78 is 11.9. The molecule has 6 heteroatoms. The Kier molecular flexibility index (Phi) is 6.45. The van der Waals surface area contributed by atoms with Crippen LogP contribution in [0.2, 0.25) is 0 Å². The van der Waals surface area contributed by atoms with E-state index in [1.165, 1.54) is 27.8 Å². The van der Waals surface area contributed by atoms with Crippen molar-refractivity contribution in [2.75, 3.05) is 44.9 Å². The van der Waals surface area contributed by atoms with Crippen molar-refractivity contribution < 1.29 is 9.47 Å². The van der Waals surface area contributed by atoms with E-state index in [4.69, 9.17) is 14.5 Å². The second kappa shape index (κ2) is 10.2. The van der Waals surface area contributed by atoms with Crippen LogP contribution in [0.15, 0.2) is 79.0 Å². The Bertz CT molecular complexity index is 1340. The van der Waals surface area contributed by atoms with Gasteiger partial charge >= 0.3 is 0 Å². The molecule has 0 spiro atoms. The van der Waals surface area contributed by atoms with Crippen LogP contribution in [-0.2, 0) is 19.6 Å². The lowest BCUT2D eigenvalue weighted by Gasteiger charge is -2.37. The molecule has 1 aromatic heterocycles. The number of nitrogens with zero attached hydrogens (tertiary/aromatic N) is 4. The summed E-state index contributed by atoms with van der Waals surface area (Å²) in [6, 6.07) is 25.5. The van der Waals surface area contributed by atoms with Crippen LogP contribution in [0.3, 0.4) is 0 Å². The number of ether oxygens (including phenoxy) is 2. The second-order valence-electron chi connectivity index (χ2n) is 9.60. The summed E-state index contributed by atoms with van der Waals surface area (Å²) in [5, 5.41) is 1.19. The molecule has 0 amide bonds.